The van der Waals surface area contributed by atoms with Gasteiger partial charge in [-0.05, 0) is 49.2 Å². The number of para-hydroxylation sites is 1. The SMILES string of the molecule is O=C(c1ccc(F)cc1)N1CCC(OCCOc2ccccc2)CC1. The van der Waals surface area contributed by atoms with E-state index in [9.17, 15) is 9.18 Å². The van der Waals surface area contributed by atoms with E-state index in [0.717, 1.165) is 18.6 Å². The molecule has 3 rings (SSSR count). The van der Waals surface area contributed by atoms with Crippen molar-refractivity contribution in [1.29, 1.82) is 0 Å². The molecular formula is C20H22FNO3. The molecule has 25 heavy (non-hydrogen) atoms. The van der Waals surface area contributed by atoms with E-state index in [1.807, 2.05) is 30.3 Å². The number of rotatable bonds is 6. The number of nitrogens with zero attached hydrogens (tertiary/aromatic N) is 1. The smallest absolute Gasteiger partial charge is 0.253 e. The Morgan fingerprint density at radius 2 is 1.68 bits per heavy atom. The minimum absolute atomic E-state index is 0.0501. The highest BCUT2D eigenvalue weighted by Gasteiger charge is 2.24. The average Bonchev–Trinajstić information content (AvgIpc) is 2.67. The Kier molecular flexibility index (Phi) is 6.01. The summed E-state index contributed by atoms with van der Waals surface area (Å²) < 4.78 is 24.4. The number of carbonyl (C=O) groups excluding carboxylic acids is 1. The van der Waals surface area contributed by atoms with E-state index in [1.54, 1.807) is 4.90 Å². The lowest BCUT2D eigenvalue weighted by Crippen LogP contribution is -2.41. The first kappa shape index (κ1) is 17.4. The first-order valence-electron chi connectivity index (χ1n) is 8.56. The molecule has 1 amide bonds. The maximum atomic E-state index is 12.9. The molecule has 1 heterocycles. The summed E-state index contributed by atoms with van der Waals surface area (Å²) in [7, 11) is 0. The van der Waals surface area contributed by atoms with Crippen LogP contribution in [0.2, 0.25) is 0 Å². The number of amides is 1. The molecule has 0 radical (unpaired) electrons. The Morgan fingerprint density at radius 3 is 2.36 bits per heavy atom. The van der Waals surface area contributed by atoms with E-state index in [4.69, 9.17) is 9.47 Å². The van der Waals surface area contributed by atoms with E-state index in [-0.39, 0.29) is 17.8 Å². The van der Waals surface area contributed by atoms with Crippen LogP contribution in [-0.2, 0) is 4.74 Å². The van der Waals surface area contributed by atoms with Gasteiger partial charge >= 0.3 is 0 Å². The summed E-state index contributed by atoms with van der Waals surface area (Å²) in [5.74, 6) is 0.457. The highest BCUT2D eigenvalue weighted by atomic mass is 19.1. The highest BCUT2D eigenvalue weighted by molar-refractivity contribution is 5.94. The second-order valence-electron chi connectivity index (χ2n) is 6.03. The van der Waals surface area contributed by atoms with Gasteiger partial charge in [0, 0.05) is 18.7 Å². The van der Waals surface area contributed by atoms with Gasteiger partial charge < -0.3 is 14.4 Å². The van der Waals surface area contributed by atoms with Crippen LogP contribution >= 0.6 is 0 Å². The molecule has 132 valence electrons. The molecule has 1 saturated heterocycles. The van der Waals surface area contributed by atoms with Crippen LogP contribution in [0.3, 0.4) is 0 Å². The van der Waals surface area contributed by atoms with Gasteiger partial charge in [-0.15, -0.1) is 0 Å². The summed E-state index contributed by atoms with van der Waals surface area (Å²) in [5.41, 5.74) is 0.525. The van der Waals surface area contributed by atoms with Gasteiger partial charge in [-0.3, -0.25) is 4.79 Å². The summed E-state index contributed by atoms with van der Waals surface area (Å²) in [4.78, 5) is 14.2. The monoisotopic (exact) mass is 343 g/mol. The zero-order valence-electron chi connectivity index (χ0n) is 14.1. The Labute approximate surface area is 147 Å². The van der Waals surface area contributed by atoms with Crippen molar-refractivity contribution in [3.8, 4) is 5.75 Å². The standard InChI is InChI=1S/C20H22FNO3/c21-17-8-6-16(7-9-17)20(23)22-12-10-19(11-13-22)25-15-14-24-18-4-2-1-3-5-18/h1-9,19H,10-15H2. The number of ether oxygens (including phenoxy) is 2. The number of hydrogen-bond donors (Lipinski definition) is 0. The van der Waals surface area contributed by atoms with Crippen LogP contribution in [0.1, 0.15) is 23.2 Å². The van der Waals surface area contributed by atoms with Gasteiger partial charge in [0.1, 0.15) is 18.2 Å². The molecule has 0 N–H and O–H groups in total. The first-order valence-corrected chi connectivity index (χ1v) is 8.56. The van der Waals surface area contributed by atoms with Gasteiger partial charge in [-0.25, -0.2) is 4.39 Å². The van der Waals surface area contributed by atoms with Crippen LogP contribution in [0, 0.1) is 5.82 Å². The van der Waals surface area contributed by atoms with E-state index in [1.165, 1.54) is 24.3 Å². The average molecular weight is 343 g/mol. The Bertz CT molecular complexity index is 667. The lowest BCUT2D eigenvalue weighted by atomic mass is 10.1. The fourth-order valence-electron chi connectivity index (χ4n) is 2.89. The fraction of sp³-hybridized carbons (Fsp3) is 0.350. The van der Waals surface area contributed by atoms with Crippen LogP contribution in [0.15, 0.2) is 54.6 Å². The molecule has 2 aromatic rings. The van der Waals surface area contributed by atoms with Gasteiger partial charge in [-0.1, -0.05) is 18.2 Å². The number of piperidine rings is 1. The van der Waals surface area contributed by atoms with Crippen molar-refractivity contribution in [2.75, 3.05) is 26.3 Å². The first-order chi connectivity index (χ1) is 12.2. The summed E-state index contributed by atoms with van der Waals surface area (Å²) in [6.45, 7) is 2.35. The van der Waals surface area contributed by atoms with Crippen molar-refractivity contribution in [1.82, 2.24) is 4.90 Å². The third-order valence-electron chi connectivity index (χ3n) is 4.27. The van der Waals surface area contributed by atoms with Crippen LogP contribution in [0.5, 0.6) is 5.75 Å². The van der Waals surface area contributed by atoms with Crippen LogP contribution in [0.4, 0.5) is 4.39 Å². The molecule has 0 bridgehead atoms. The second-order valence-corrected chi connectivity index (χ2v) is 6.03. The lowest BCUT2D eigenvalue weighted by Gasteiger charge is -2.32. The van der Waals surface area contributed by atoms with Crippen molar-refractivity contribution < 1.29 is 18.7 Å². The number of halogens is 1. The van der Waals surface area contributed by atoms with Crippen LogP contribution < -0.4 is 4.74 Å². The maximum absolute atomic E-state index is 12.9. The van der Waals surface area contributed by atoms with Crippen molar-refractivity contribution in [3.05, 3.63) is 66.0 Å². The topological polar surface area (TPSA) is 38.8 Å². The number of hydrogen-bond acceptors (Lipinski definition) is 3. The summed E-state index contributed by atoms with van der Waals surface area (Å²) >= 11 is 0. The maximum Gasteiger partial charge on any atom is 0.253 e. The minimum Gasteiger partial charge on any atom is -0.491 e. The molecule has 4 nitrogen and oxygen atoms in total. The van der Waals surface area contributed by atoms with Gasteiger partial charge in [0.25, 0.3) is 5.91 Å². The fourth-order valence-corrected chi connectivity index (χ4v) is 2.89. The van der Waals surface area contributed by atoms with Gasteiger partial charge in [0.05, 0.1) is 12.7 Å². The largest absolute Gasteiger partial charge is 0.491 e. The van der Waals surface area contributed by atoms with Crippen molar-refractivity contribution in [2.24, 2.45) is 0 Å². The second kappa shape index (κ2) is 8.62. The molecule has 0 atom stereocenters. The quantitative estimate of drug-likeness (QED) is 0.753. The van der Waals surface area contributed by atoms with E-state index < -0.39 is 0 Å². The minimum atomic E-state index is -0.332. The number of carbonyl (C=O) groups is 1. The molecule has 0 aromatic heterocycles. The van der Waals surface area contributed by atoms with Crippen molar-refractivity contribution >= 4 is 5.91 Å². The molecule has 0 saturated carbocycles. The molecule has 0 spiro atoms. The molecule has 1 aliphatic heterocycles. The van der Waals surface area contributed by atoms with Gasteiger partial charge in [0.15, 0.2) is 0 Å². The van der Waals surface area contributed by atoms with Gasteiger partial charge in [0.2, 0.25) is 0 Å². The highest BCUT2D eigenvalue weighted by Crippen LogP contribution is 2.17. The molecule has 5 heteroatoms. The lowest BCUT2D eigenvalue weighted by molar-refractivity contribution is -0.00238. The summed E-state index contributed by atoms with van der Waals surface area (Å²) in [6, 6.07) is 15.3. The Hall–Kier alpha value is -2.40. The number of likely N-dealkylation sites (tertiary alicyclic amines) is 1. The third-order valence-corrected chi connectivity index (χ3v) is 4.27. The molecular weight excluding hydrogens is 321 g/mol. The van der Waals surface area contributed by atoms with Crippen LogP contribution in [-0.4, -0.2) is 43.2 Å². The molecule has 0 unspecified atom stereocenters. The summed E-state index contributed by atoms with van der Waals surface area (Å²) in [6.07, 6.45) is 1.76. The molecule has 0 aliphatic carbocycles. The molecule has 2 aromatic carbocycles. The zero-order valence-corrected chi connectivity index (χ0v) is 14.1. The molecule has 1 aliphatic rings. The Balaban J connectivity index is 1.37. The van der Waals surface area contributed by atoms with Gasteiger partial charge in [-0.2, -0.15) is 0 Å². The third kappa shape index (κ3) is 5.03. The van der Waals surface area contributed by atoms with Crippen molar-refractivity contribution in [3.63, 3.8) is 0 Å². The molecule has 1 fully saturated rings. The zero-order chi connectivity index (χ0) is 17.5. The summed E-state index contributed by atoms with van der Waals surface area (Å²) in [5, 5.41) is 0. The predicted molar refractivity (Wildman–Crippen MR) is 93.2 cm³/mol. The van der Waals surface area contributed by atoms with E-state index >= 15 is 0 Å². The van der Waals surface area contributed by atoms with E-state index in [0.29, 0.717) is 31.9 Å². The Morgan fingerprint density at radius 1 is 1.00 bits per heavy atom. The van der Waals surface area contributed by atoms with E-state index in [2.05, 4.69) is 0 Å². The van der Waals surface area contributed by atoms with Crippen molar-refractivity contribution in [2.45, 2.75) is 18.9 Å². The normalized spacial score (nSPS) is 15.2. The predicted octanol–water partition coefficient (Wildman–Crippen LogP) is 3.53. The van der Waals surface area contributed by atoms with Crippen LogP contribution in [0.25, 0.3) is 0 Å². The number of benzene rings is 2.